The van der Waals surface area contributed by atoms with Gasteiger partial charge in [0.05, 0.1) is 6.10 Å². The van der Waals surface area contributed by atoms with Gasteiger partial charge in [0.15, 0.2) is 0 Å². The third-order valence-electron chi connectivity index (χ3n) is 6.33. The van der Waals surface area contributed by atoms with Gasteiger partial charge >= 0.3 is 0 Å². The van der Waals surface area contributed by atoms with E-state index < -0.39 is 0 Å². The van der Waals surface area contributed by atoms with Crippen molar-refractivity contribution in [2.45, 2.75) is 102 Å². The lowest BCUT2D eigenvalue weighted by molar-refractivity contribution is 0.0800. The standard InChI is InChI=1S/C23H36O2/c1-2-3-6-15-20-16-21(17-22(24)18-11-7-4-8-12-18)25-23(20)19-13-9-5-10-14-19/h2,16,18-19,22,24H,1,3-15,17H2. The molecular weight excluding hydrogens is 308 g/mol. The van der Waals surface area contributed by atoms with E-state index in [1.165, 1.54) is 75.5 Å². The molecule has 0 aliphatic heterocycles. The van der Waals surface area contributed by atoms with Crippen molar-refractivity contribution in [3.05, 3.63) is 35.8 Å². The predicted molar refractivity (Wildman–Crippen MR) is 104 cm³/mol. The average Bonchev–Trinajstić information content (AvgIpc) is 3.06. The van der Waals surface area contributed by atoms with Gasteiger partial charge in [0.25, 0.3) is 0 Å². The minimum absolute atomic E-state index is 0.230. The minimum atomic E-state index is -0.230. The molecule has 0 aromatic carbocycles. The van der Waals surface area contributed by atoms with Crippen molar-refractivity contribution in [1.29, 1.82) is 0 Å². The first-order valence-corrected chi connectivity index (χ1v) is 10.7. The Bertz CT molecular complexity index is 518. The fourth-order valence-corrected chi connectivity index (χ4v) is 4.84. The normalized spacial score (nSPS) is 21.3. The highest BCUT2D eigenvalue weighted by atomic mass is 16.3. The maximum atomic E-state index is 10.7. The molecule has 1 atom stereocenters. The number of aliphatic hydroxyl groups excluding tert-OH is 1. The second-order valence-electron chi connectivity index (χ2n) is 8.29. The molecule has 0 spiro atoms. The summed E-state index contributed by atoms with van der Waals surface area (Å²) in [5, 5.41) is 10.7. The lowest BCUT2D eigenvalue weighted by Crippen LogP contribution is -2.24. The summed E-state index contributed by atoms with van der Waals surface area (Å²) < 4.78 is 6.36. The molecule has 0 bridgehead atoms. The molecule has 3 rings (SSSR count). The van der Waals surface area contributed by atoms with E-state index in [2.05, 4.69) is 12.6 Å². The highest BCUT2D eigenvalue weighted by molar-refractivity contribution is 5.26. The van der Waals surface area contributed by atoms with Crippen molar-refractivity contribution in [2.75, 3.05) is 0 Å². The number of allylic oxidation sites excluding steroid dienone is 1. The quantitative estimate of drug-likeness (QED) is 0.442. The van der Waals surface area contributed by atoms with Crippen LogP contribution in [0.1, 0.15) is 100 Å². The van der Waals surface area contributed by atoms with Gasteiger partial charge < -0.3 is 9.52 Å². The molecule has 2 heteroatoms. The first-order chi connectivity index (χ1) is 12.3. The summed E-state index contributed by atoms with van der Waals surface area (Å²) in [6, 6.07) is 2.26. The van der Waals surface area contributed by atoms with Gasteiger partial charge in [0.1, 0.15) is 11.5 Å². The van der Waals surface area contributed by atoms with Crippen LogP contribution in [0.15, 0.2) is 23.1 Å². The fourth-order valence-electron chi connectivity index (χ4n) is 4.84. The van der Waals surface area contributed by atoms with Crippen LogP contribution in [0, 0.1) is 5.92 Å². The van der Waals surface area contributed by atoms with E-state index in [0.717, 1.165) is 25.0 Å². The Balaban J connectivity index is 1.68. The maximum Gasteiger partial charge on any atom is 0.110 e. The number of rotatable bonds is 8. The van der Waals surface area contributed by atoms with Gasteiger partial charge in [0.2, 0.25) is 0 Å². The molecule has 0 saturated heterocycles. The number of aryl methyl sites for hydroxylation is 1. The summed E-state index contributed by atoms with van der Waals surface area (Å²) in [5.74, 6) is 3.34. The van der Waals surface area contributed by atoms with Crippen LogP contribution >= 0.6 is 0 Å². The molecule has 2 aliphatic rings. The zero-order valence-corrected chi connectivity index (χ0v) is 15.8. The molecule has 1 unspecified atom stereocenters. The minimum Gasteiger partial charge on any atom is -0.465 e. The van der Waals surface area contributed by atoms with Crippen LogP contribution in [0.25, 0.3) is 0 Å². The van der Waals surface area contributed by atoms with Crippen molar-refractivity contribution in [2.24, 2.45) is 5.92 Å². The number of hydrogen-bond acceptors (Lipinski definition) is 2. The highest BCUT2D eigenvalue weighted by Crippen LogP contribution is 2.37. The van der Waals surface area contributed by atoms with Crippen LogP contribution in [0.3, 0.4) is 0 Å². The van der Waals surface area contributed by atoms with Gasteiger partial charge in [-0.15, -0.1) is 6.58 Å². The van der Waals surface area contributed by atoms with Gasteiger partial charge in [-0.3, -0.25) is 0 Å². The summed E-state index contributed by atoms with van der Waals surface area (Å²) >= 11 is 0. The zero-order valence-electron chi connectivity index (χ0n) is 15.8. The van der Waals surface area contributed by atoms with Gasteiger partial charge in [-0.05, 0) is 62.5 Å². The monoisotopic (exact) mass is 344 g/mol. The Morgan fingerprint density at radius 1 is 1.08 bits per heavy atom. The second-order valence-corrected chi connectivity index (χ2v) is 8.29. The Kier molecular flexibility index (Phi) is 7.22. The molecule has 0 radical (unpaired) electrons. The lowest BCUT2D eigenvalue weighted by atomic mass is 9.84. The SMILES string of the molecule is C=CCCCc1cc(CC(O)C2CCCCC2)oc1C1CCCCC1. The van der Waals surface area contributed by atoms with Crippen LogP contribution in [0.2, 0.25) is 0 Å². The van der Waals surface area contributed by atoms with Crippen molar-refractivity contribution in [3.8, 4) is 0 Å². The van der Waals surface area contributed by atoms with Gasteiger partial charge in [-0.25, -0.2) is 0 Å². The smallest absolute Gasteiger partial charge is 0.110 e. The second kappa shape index (κ2) is 9.62. The van der Waals surface area contributed by atoms with Gasteiger partial charge in [0, 0.05) is 12.3 Å². The fraction of sp³-hybridized carbons (Fsp3) is 0.739. The lowest BCUT2D eigenvalue weighted by Gasteiger charge is -2.26. The molecule has 2 fully saturated rings. The summed E-state index contributed by atoms with van der Waals surface area (Å²) in [6.07, 6.45) is 18.6. The number of aliphatic hydroxyl groups is 1. The zero-order chi connectivity index (χ0) is 17.5. The van der Waals surface area contributed by atoms with E-state index in [1.54, 1.807) is 0 Å². The van der Waals surface area contributed by atoms with Crippen LogP contribution in [0.4, 0.5) is 0 Å². The van der Waals surface area contributed by atoms with E-state index in [4.69, 9.17) is 4.42 Å². The predicted octanol–water partition coefficient (Wildman–Crippen LogP) is 6.32. The summed E-state index contributed by atoms with van der Waals surface area (Å²) in [6.45, 7) is 3.84. The summed E-state index contributed by atoms with van der Waals surface area (Å²) in [7, 11) is 0. The molecule has 2 aliphatic carbocycles. The van der Waals surface area contributed by atoms with E-state index >= 15 is 0 Å². The third-order valence-corrected chi connectivity index (χ3v) is 6.33. The van der Waals surface area contributed by atoms with E-state index in [1.807, 2.05) is 6.08 Å². The van der Waals surface area contributed by atoms with Crippen LogP contribution in [0.5, 0.6) is 0 Å². The van der Waals surface area contributed by atoms with E-state index in [-0.39, 0.29) is 6.10 Å². The Morgan fingerprint density at radius 2 is 1.76 bits per heavy atom. The van der Waals surface area contributed by atoms with Crippen molar-refractivity contribution in [3.63, 3.8) is 0 Å². The average molecular weight is 345 g/mol. The van der Waals surface area contributed by atoms with Crippen molar-refractivity contribution >= 4 is 0 Å². The Labute approximate surface area is 153 Å². The molecule has 1 aromatic heterocycles. The van der Waals surface area contributed by atoms with E-state index in [9.17, 15) is 5.11 Å². The van der Waals surface area contributed by atoms with E-state index in [0.29, 0.717) is 18.3 Å². The molecule has 1 aromatic rings. The third kappa shape index (κ3) is 5.23. The molecule has 1 N–H and O–H groups in total. The summed E-state index contributed by atoms with van der Waals surface area (Å²) in [4.78, 5) is 0. The van der Waals surface area contributed by atoms with Crippen LogP contribution in [-0.4, -0.2) is 11.2 Å². The Morgan fingerprint density at radius 3 is 2.44 bits per heavy atom. The van der Waals surface area contributed by atoms with Crippen LogP contribution < -0.4 is 0 Å². The van der Waals surface area contributed by atoms with Gasteiger partial charge in [-0.1, -0.05) is 44.6 Å². The first-order valence-electron chi connectivity index (χ1n) is 10.7. The molecular formula is C23H36O2. The molecule has 25 heavy (non-hydrogen) atoms. The summed E-state index contributed by atoms with van der Waals surface area (Å²) in [5.41, 5.74) is 1.40. The largest absolute Gasteiger partial charge is 0.465 e. The molecule has 0 amide bonds. The highest BCUT2D eigenvalue weighted by Gasteiger charge is 2.26. The molecule has 1 heterocycles. The van der Waals surface area contributed by atoms with Gasteiger partial charge in [-0.2, -0.15) is 0 Å². The first kappa shape index (κ1) is 18.8. The van der Waals surface area contributed by atoms with Crippen molar-refractivity contribution in [1.82, 2.24) is 0 Å². The maximum absolute atomic E-state index is 10.7. The van der Waals surface area contributed by atoms with Crippen molar-refractivity contribution < 1.29 is 9.52 Å². The molecule has 2 nitrogen and oxygen atoms in total. The number of unbranched alkanes of at least 4 members (excludes halogenated alkanes) is 1. The topological polar surface area (TPSA) is 33.4 Å². The Hall–Kier alpha value is -1.02. The molecule has 140 valence electrons. The number of hydrogen-bond donors (Lipinski definition) is 1. The van der Waals surface area contributed by atoms with Crippen LogP contribution in [-0.2, 0) is 12.8 Å². The molecule has 2 saturated carbocycles. The number of furan rings is 1.